The van der Waals surface area contributed by atoms with E-state index in [0.717, 1.165) is 12.1 Å². The number of rotatable bonds is 4. The molecule has 0 spiro atoms. The zero-order valence-electron chi connectivity index (χ0n) is 13.2. The summed E-state index contributed by atoms with van der Waals surface area (Å²) < 4.78 is 39.8. The summed E-state index contributed by atoms with van der Waals surface area (Å²) in [6, 6.07) is 6.39. The fourth-order valence-electron chi connectivity index (χ4n) is 2.16. The van der Waals surface area contributed by atoms with Crippen LogP contribution in [0.2, 0.25) is 5.02 Å². The van der Waals surface area contributed by atoms with Crippen LogP contribution in [0.5, 0.6) is 0 Å². The molecule has 2 heterocycles. The summed E-state index contributed by atoms with van der Waals surface area (Å²) in [4.78, 5) is 13.6. The van der Waals surface area contributed by atoms with E-state index in [1.54, 1.807) is 19.2 Å². The molecule has 0 radical (unpaired) electrons. The van der Waals surface area contributed by atoms with Gasteiger partial charge in [-0.2, -0.15) is 13.2 Å². The summed E-state index contributed by atoms with van der Waals surface area (Å²) in [6.45, 7) is -0.148. The third-order valence-corrected chi connectivity index (χ3v) is 3.71. The number of halogens is 4. The van der Waals surface area contributed by atoms with Gasteiger partial charge >= 0.3 is 6.18 Å². The maximum atomic E-state index is 12.9. The van der Waals surface area contributed by atoms with Gasteiger partial charge in [-0.3, -0.25) is 4.79 Å². The summed E-state index contributed by atoms with van der Waals surface area (Å²) in [5, 5.41) is 16.9. The Balaban J connectivity index is 1.70. The van der Waals surface area contributed by atoms with Crippen molar-refractivity contribution in [2.45, 2.75) is 6.18 Å². The van der Waals surface area contributed by atoms with Crippen LogP contribution in [0, 0.1) is 0 Å². The first-order valence-electron chi connectivity index (χ1n) is 7.17. The molecular weight excluding hydrogens is 375 g/mol. The van der Waals surface area contributed by atoms with Crippen LogP contribution in [0.25, 0.3) is 5.65 Å². The maximum absolute atomic E-state index is 12.9. The lowest BCUT2D eigenvalue weighted by molar-refractivity contribution is -0.137. The van der Waals surface area contributed by atoms with Crippen LogP contribution >= 0.6 is 11.6 Å². The van der Waals surface area contributed by atoms with Crippen molar-refractivity contribution in [3.63, 3.8) is 0 Å². The van der Waals surface area contributed by atoms with E-state index >= 15 is 0 Å². The Morgan fingerprint density at radius 1 is 1.31 bits per heavy atom. The second kappa shape index (κ2) is 6.75. The minimum atomic E-state index is -4.61. The highest BCUT2D eigenvalue weighted by Crippen LogP contribution is 2.36. The number of fused-ring (bicyclic) bond motifs is 1. The van der Waals surface area contributed by atoms with E-state index in [2.05, 4.69) is 25.9 Å². The van der Waals surface area contributed by atoms with Crippen molar-refractivity contribution in [2.24, 2.45) is 0 Å². The molecule has 2 aromatic heterocycles. The summed E-state index contributed by atoms with van der Waals surface area (Å²) in [5.41, 5.74) is -0.590. The molecule has 1 aromatic carbocycles. The lowest BCUT2D eigenvalue weighted by Gasteiger charge is -2.17. The van der Waals surface area contributed by atoms with Gasteiger partial charge in [-0.15, -0.1) is 14.8 Å². The highest BCUT2D eigenvalue weighted by molar-refractivity contribution is 6.31. The average Bonchev–Trinajstić information content (AvgIpc) is 3.03. The molecule has 0 bridgehead atoms. The maximum Gasteiger partial charge on any atom is 0.417 e. The van der Waals surface area contributed by atoms with Crippen molar-refractivity contribution in [2.75, 3.05) is 23.8 Å². The van der Waals surface area contributed by atoms with Gasteiger partial charge in [0.1, 0.15) is 0 Å². The van der Waals surface area contributed by atoms with Crippen LogP contribution in [0.3, 0.4) is 0 Å². The van der Waals surface area contributed by atoms with Gasteiger partial charge in [-0.05, 0) is 40.8 Å². The molecule has 0 aliphatic carbocycles. The molecule has 1 N–H and O–H groups in total. The van der Waals surface area contributed by atoms with Crippen molar-refractivity contribution >= 4 is 34.7 Å². The molecule has 26 heavy (non-hydrogen) atoms. The number of nitrogens with zero attached hydrogens (tertiary/aromatic N) is 6. The number of benzene rings is 1. The van der Waals surface area contributed by atoms with Crippen LogP contribution in [0.4, 0.5) is 24.7 Å². The number of carbonyl (C=O) groups excluding carboxylic acids is 1. The largest absolute Gasteiger partial charge is 0.417 e. The number of hydrogen-bond donors (Lipinski definition) is 1. The normalized spacial score (nSPS) is 11.6. The molecule has 12 heteroatoms. The van der Waals surface area contributed by atoms with Crippen molar-refractivity contribution in [1.29, 1.82) is 0 Å². The molecule has 3 aromatic rings. The molecule has 0 unspecified atom stereocenters. The molecule has 0 aliphatic rings. The highest BCUT2D eigenvalue weighted by atomic mass is 35.5. The van der Waals surface area contributed by atoms with Gasteiger partial charge in [-0.25, -0.2) is 0 Å². The van der Waals surface area contributed by atoms with E-state index in [1.165, 1.54) is 15.6 Å². The lowest BCUT2D eigenvalue weighted by atomic mass is 10.2. The predicted molar refractivity (Wildman–Crippen MR) is 86.9 cm³/mol. The number of hydrogen-bond acceptors (Lipinski definition) is 6. The number of anilines is 2. The number of nitrogens with one attached hydrogen (secondary N) is 1. The Morgan fingerprint density at radius 3 is 2.81 bits per heavy atom. The molecule has 0 atom stereocenters. The Kier molecular flexibility index (Phi) is 4.64. The SMILES string of the molecule is CN(CC(=O)Nc1ccc(Cl)c(C(F)(F)F)c1)c1ccc2nnnn2n1. The first kappa shape index (κ1) is 17.9. The van der Waals surface area contributed by atoms with E-state index in [1.807, 2.05) is 0 Å². The van der Waals surface area contributed by atoms with E-state index in [0.29, 0.717) is 11.5 Å². The monoisotopic (exact) mass is 385 g/mol. The number of aromatic nitrogens is 5. The molecule has 0 saturated carbocycles. The topological polar surface area (TPSA) is 88.3 Å². The molecule has 136 valence electrons. The Hall–Kier alpha value is -2.95. The van der Waals surface area contributed by atoms with E-state index in [4.69, 9.17) is 11.6 Å². The third kappa shape index (κ3) is 3.82. The molecule has 0 fully saturated rings. The predicted octanol–water partition coefficient (Wildman–Crippen LogP) is 2.27. The highest BCUT2D eigenvalue weighted by Gasteiger charge is 2.33. The third-order valence-electron chi connectivity index (χ3n) is 3.38. The van der Waals surface area contributed by atoms with Crippen LogP contribution in [0.1, 0.15) is 5.56 Å². The Labute approximate surface area is 149 Å². The quantitative estimate of drug-likeness (QED) is 0.741. The van der Waals surface area contributed by atoms with Crippen molar-refractivity contribution < 1.29 is 18.0 Å². The van der Waals surface area contributed by atoms with E-state index < -0.39 is 22.7 Å². The first-order chi connectivity index (χ1) is 12.2. The molecule has 0 aliphatic heterocycles. The van der Waals surface area contributed by atoms with E-state index in [-0.39, 0.29) is 12.2 Å². The average molecular weight is 386 g/mol. The molecule has 3 rings (SSSR count). The lowest BCUT2D eigenvalue weighted by Crippen LogP contribution is -2.31. The fraction of sp³-hybridized carbons (Fsp3) is 0.214. The van der Waals surface area contributed by atoms with Crippen molar-refractivity contribution in [3.05, 3.63) is 40.9 Å². The second-order valence-electron chi connectivity index (χ2n) is 5.31. The standard InChI is InChI=1S/C14H11ClF3N7O/c1-24(12-5-4-11-20-22-23-25(11)21-12)7-13(26)19-8-2-3-10(15)9(6-8)14(16,17)18/h2-6H,7H2,1H3,(H,19,26). The first-order valence-corrected chi connectivity index (χ1v) is 7.55. The van der Waals surface area contributed by atoms with Gasteiger partial charge in [0.15, 0.2) is 11.5 Å². The second-order valence-corrected chi connectivity index (χ2v) is 5.72. The summed E-state index contributed by atoms with van der Waals surface area (Å²) in [6.07, 6.45) is -4.61. The van der Waals surface area contributed by atoms with Gasteiger partial charge in [-0.1, -0.05) is 11.6 Å². The summed E-state index contributed by atoms with van der Waals surface area (Å²) >= 11 is 5.55. The van der Waals surface area contributed by atoms with Gasteiger partial charge < -0.3 is 10.2 Å². The fourth-order valence-corrected chi connectivity index (χ4v) is 2.39. The van der Waals surface area contributed by atoms with Gasteiger partial charge in [0.25, 0.3) is 0 Å². The molecule has 0 saturated heterocycles. The number of likely N-dealkylation sites (N-methyl/N-ethyl adjacent to an activating group) is 1. The van der Waals surface area contributed by atoms with Gasteiger partial charge in [0, 0.05) is 12.7 Å². The number of amides is 1. The smallest absolute Gasteiger partial charge is 0.349 e. The minimum Gasteiger partial charge on any atom is -0.349 e. The van der Waals surface area contributed by atoms with Crippen LogP contribution in [-0.2, 0) is 11.0 Å². The Bertz CT molecular complexity index is 959. The van der Waals surface area contributed by atoms with Crippen LogP contribution in [0.15, 0.2) is 30.3 Å². The van der Waals surface area contributed by atoms with Crippen molar-refractivity contribution in [1.82, 2.24) is 25.3 Å². The van der Waals surface area contributed by atoms with Crippen LogP contribution < -0.4 is 10.2 Å². The molecule has 1 amide bonds. The number of carbonyl (C=O) groups is 1. The zero-order chi connectivity index (χ0) is 18.9. The molecule has 8 nitrogen and oxygen atoms in total. The Morgan fingerprint density at radius 2 is 2.08 bits per heavy atom. The summed E-state index contributed by atoms with van der Waals surface area (Å²) in [7, 11) is 1.60. The van der Waals surface area contributed by atoms with Gasteiger partial charge in [0.05, 0.1) is 17.1 Å². The van der Waals surface area contributed by atoms with Crippen LogP contribution in [-0.4, -0.2) is 44.8 Å². The van der Waals surface area contributed by atoms with Crippen molar-refractivity contribution in [3.8, 4) is 0 Å². The minimum absolute atomic E-state index is 0.0102. The number of tetrazole rings is 1. The van der Waals surface area contributed by atoms with E-state index in [9.17, 15) is 18.0 Å². The number of alkyl halides is 3. The molecular formula is C14H11ClF3N7O. The van der Waals surface area contributed by atoms with Gasteiger partial charge in [0.2, 0.25) is 5.91 Å². The zero-order valence-corrected chi connectivity index (χ0v) is 14.0. The summed E-state index contributed by atoms with van der Waals surface area (Å²) in [5.74, 6) is -0.117.